The van der Waals surface area contributed by atoms with Gasteiger partial charge in [0.05, 0.1) is 0 Å². The van der Waals surface area contributed by atoms with Gasteiger partial charge in [0.15, 0.2) is 0 Å². The molecule has 0 heterocycles. The van der Waals surface area contributed by atoms with Crippen LogP contribution in [0.15, 0.2) is 115 Å². The topological polar surface area (TPSA) is 0 Å². The Morgan fingerprint density at radius 3 is 1.81 bits per heavy atom. The Morgan fingerprint density at radius 1 is 0.562 bits per heavy atom. The molecule has 0 amide bonds. The lowest BCUT2D eigenvalue weighted by atomic mass is 9.89. The minimum atomic E-state index is 0.613. The number of hydrogen-bond acceptors (Lipinski definition) is 0. The summed E-state index contributed by atoms with van der Waals surface area (Å²) in [6.07, 6.45) is 8.08. The number of benzene rings is 4. The molecule has 0 aromatic heterocycles. The maximum atomic E-state index is 2.38. The highest BCUT2D eigenvalue weighted by Crippen LogP contribution is 2.34. The second-order valence-corrected chi connectivity index (χ2v) is 8.85. The van der Waals surface area contributed by atoms with Gasteiger partial charge in [-0.25, -0.2) is 0 Å². The van der Waals surface area contributed by atoms with Crippen LogP contribution in [0.3, 0.4) is 0 Å². The molecule has 5 rings (SSSR count). The summed E-state index contributed by atoms with van der Waals surface area (Å²) < 4.78 is 0. The standard InChI is InChI=1S/C32H28/c1-23-14-16-26(17-15-23)31-20-30(25-9-4-3-5-10-25)21-32(22-31)29-13-7-12-28(19-29)27-11-6-8-24(2)18-27/h3-14,16-23H,15H2,1-2H3. The van der Waals surface area contributed by atoms with Crippen LogP contribution in [-0.2, 0) is 0 Å². The summed E-state index contributed by atoms with van der Waals surface area (Å²) in [6, 6.07) is 35.3. The van der Waals surface area contributed by atoms with E-state index in [9.17, 15) is 0 Å². The van der Waals surface area contributed by atoms with E-state index in [-0.39, 0.29) is 0 Å². The van der Waals surface area contributed by atoms with Crippen LogP contribution in [0, 0.1) is 12.8 Å². The Labute approximate surface area is 191 Å². The van der Waals surface area contributed by atoms with Gasteiger partial charge in [0.1, 0.15) is 0 Å². The van der Waals surface area contributed by atoms with Crippen LogP contribution in [0.2, 0.25) is 0 Å². The average molecular weight is 413 g/mol. The Hall–Kier alpha value is -3.64. The molecule has 0 fully saturated rings. The molecule has 0 spiro atoms. The SMILES string of the molecule is Cc1cccc(-c2cccc(-c3cc(C4=CCC(C)C=C4)cc(-c4ccccc4)c3)c2)c1. The molecular formula is C32H28. The molecule has 1 atom stereocenters. The minimum Gasteiger partial charge on any atom is -0.0808 e. The first kappa shape index (κ1) is 20.3. The molecule has 0 saturated carbocycles. The lowest BCUT2D eigenvalue weighted by molar-refractivity contribution is 0.739. The molecule has 156 valence electrons. The maximum Gasteiger partial charge on any atom is -0.0171 e. The molecule has 0 N–H and O–H groups in total. The molecule has 0 saturated heterocycles. The van der Waals surface area contributed by atoms with Crippen LogP contribution in [0.5, 0.6) is 0 Å². The zero-order valence-electron chi connectivity index (χ0n) is 18.8. The maximum absolute atomic E-state index is 2.38. The van der Waals surface area contributed by atoms with E-state index >= 15 is 0 Å². The van der Waals surface area contributed by atoms with Crippen molar-refractivity contribution in [1.29, 1.82) is 0 Å². The predicted molar refractivity (Wildman–Crippen MR) is 138 cm³/mol. The quantitative estimate of drug-likeness (QED) is 0.314. The molecule has 1 unspecified atom stereocenters. The van der Waals surface area contributed by atoms with E-state index in [1.165, 1.54) is 50.1 Å². The van der Waals surface area contributed by atoms with Crippen molar-refractivity contribution in [2.24, 2.45) is 5.92 Å². The van der Waals surface area contributed by atoms with E-state index < -0.39 is 0 Å². The molecule has 4 aromatic rings. The summed E-state index contributed by atoms with van der Waals surface area (Å²) >= 11 is 0. The van der Waals surface area contributed by atoms with Crippen molar-refractivity contribution >= 4 is 5.57 Å². The van der Waals surface area contributed by atoms with Gasteiger partial charge in [0.25, 0.3) is 0 Å². The van der Waals surface area contributed by atoms with Crippen molar-refractivity contribution in [3.8, 4) is 33.4 Å². The van der Waals surface area contributed by atoms with Crippen LogP contribution in [0.4, 0.5) is 0 Å². The Balaban J connectivity index is 1.63. The first-order valence-corrected chi connectivity index (χ1v) is 11.4. The van der Waals surface area contributed by atoms with Crippen molar-refractivity contribution in [3.05, 3.63) is 126 Å². The van der Waals surface area contributed by atoms with Crippen molar-refractivity contribution < 1.29 is 0 Å². The predicted octanol–water partition coefficient (Wildman–Crippen LogP) is 8.98. The zero-order valence-corrected chi connectivity index (χ0v) is 18.8. The molecule has 0 heteroatoms. The molecule has 0 bridgehead atoms. The van der Waals surface area contributed by atoms with Gasteiger partial charge >= 0.3 is 0 Å². The first-order valence-electron chi connectivity index (χ1n) is 11.4. The van der Waals surface area contributed by atoms with Gasteiger partial charge < -0.3 is 0 Å². The third-order valence-corrected chi connectivity index (χ3v) is 6.23. The zero-order chi connectivity index (χ0) is 21.9. The summed E-state index contributed by atoms with van der Waals surface area (Å²) in [5.74, 6) is 0.613. The lowest BCUT2D eigenvalue weighted by Gasteiger charge is -2.16. The van der Waals surface area contributed by atoms with Gasteiger partial charge in [-0.2, -0.15) is 0 Å². The van der Waals surface area contributed by atoms with Crippen molar-refractivity contribution in [1.82, 2.24) is 0 Å². The van der Waals surface area contributed by atoms with Crippen molar-refractivity contribution in [2.45, 2.75) is 20.3 Å². The van der Waals surface area contributed by atoms with Gasteiger partial charge in [-0.15, -0.1) is 0 Å². The first-order chi connectivity index (χ1) is 15.7. The molecule has 1 aliphatic carbocycles. The molecule has 4 aromatic carbocycles. The van der Waals surface area contributed by atoms with Crippen LogP contribution < -0.4 is 0 Å². The van der Waals surface area contributed by atoms with Gasteiger partial charge in [-0.05, 0) is 88.0 Å². The van der Waals surface area contributed by atoms with Crippen LogP contribution in [-0.4, -0.2) is 0 Å². The Morgan fingerprint density at radius 2 is 1.12 bits per heavy atom. The monoisotopic (exact) mass is 412 g/mol. The van der Waals surface area contributed by atoms with Gasteiger partial charge in [0, 0.05) is 0 Å². The Kier molecular flexibility index (Phi) is 5.60. The summed E-state index contributed by atoms with van der Waals surface area (Å²) in [7, 11) is 0. The number of hydrogen-bond donors (Lipinski definition) is 0. The van der Waals surface area contributed by atoms with Crippen molar-refractivity contribution in [2.75, 3.05) is 0 Å². The van der Waals surface area contributed by atoms with Crippen LogP contribution in [0.25, 0.3) is 39.0 Å². The highest BCUT2D eigenvalue weighted by Gasteiger charge is 2.11. The fourth-order valence-electron chi connectivity index (χ4n) is 4.40. The normalized spacial score (nSPS) is 15.4. The van der Waals surface area contributed by atoms with E-state index in [1.54, 1.807) is 0 Å². The van der Waals surface area contributed by atoms with E-state index in [0.29, 0.717) is 5.92 Å². The molecule has 0 nitrogen and oxygen atoms in total. The average Bonchev–Trinajstić information content (AvgIpc) is 2.85. The van der Waals surface area contributed by atoms with Crippen molar-refractivity contribution in [3.63, 3.8) is 0 Å². The highest BCUT2D eigenvalue weighted by atomic mass is 14.2. The highest BCUT2D eigenvalue weighted by molar-refractivity contribution is 5.84. The molecule has 1 aliphatic rings. The molecule has 0 radical (unpaired) electrons. The summed E-state index contributed by atoms with van der Waals surface area (Å²) in [6.45, 7) is 4.42. The molecular weight excluding hydrogens is 384 g/mol. The summed E-state index contributed by atoms with van der Waals surface area (Å²) in [4.78, 5) is 0. The van der Waals surface area contributed by atoms with E-state index in [1.807, 2.05) is 0 Å². The molecule has 32 heavy (non-hydrogen) atoms. The van der Waals surface area contributed by atoms with E-state index in [4.69, 9.17) is 0 Å². The summed E-state index contributed by atoms with van der Waals surface area (Å²) in [5.41, 5.74) is 11.4. The molecule has 0 aliphatic heterocycles. The van der Waals surface area contributed by atoms with E-state index in [0.717, 1.165) is 6.42 Å². The number of aryl methyl sites for hydroxylation is 1. The van der Waals surface area contributed by atoms with E-state index in [2.05, 4.69) is 129 Å². The minimum absolute atomic E-state index is 0.613. The fourth-order valence-corrected chi connectivity index (χ4v) is 4.40. The van der Waals surface area contributed by atoms with Gasteiger partial charge in [-0.3, -0.25) is 0 Å². The fraction of sp³-hybridized carbons (Fsp3) is 0.125. The second kappa shape index (κ2) is 8.85. The van der Waals surface area contributed by atoms with Gasteiger partial charge in [0.2, 0.25) is 0 Å². The van der Waals surface area contributed by atoms with Crippen LogP contribution >= 0.6 is 0 Å². The smallest absolute Gasteiger partial charge is 0.0171 e. The lowest BCUT2D eigenvalue weighted by Crippen LogP contribution is -1.95. The second-order valence-electron chi connectivity index (χ2n) is 8.85. The van der Waals surface area contributed by atoms with Gasteiger partial charge in [-0.1, -0.05) is 104 Å². The third-order valence-electron chi connectivity index (χ3n) is 6.23. The largest absolute Gasteiger partial charge is 0.0808 e. The third kappa shape index (κ3) is 4.36. The number of allylic oxidation sites excluding steroid dienone is 4. The van der Waals surface area contributed by atoms with Crippen LogP contribution in [0.1, 0.15) is 24.5 Å². The summed E-state index contributed by atoms with van der Waals surface area (Å²) in [5, 5.41) is 0. The Bertz CT molecular complexity index is 1300. The number of rotatable bonds is 4.